The van der Waals surface area contributed by atoms with E-state index in [1.165, 1.54) is 11.1 Å². The molecule has 1 fully saturated rings. The number of nitrogens with zero attached hydrogens (tertiary/aromatic N) is 1. The molecule has 7 heteroatoms. The Balaban J connectivity index is 1.54. The molecule has 1 aliphatic carbocycles. The van der Waals surface area contributed by atoms with Gasteiger partial charge in [-0.05, 0) is 55.9 Å². The third kappa shape index (κ3) is 4.89. The molecule has 2 aliphatic rings. The van der Waals surface area contributed by atoms with Crippen LogP contribution in [0.15, 0.2) is 23.1 Å². The van der Waals surface area contributed by atoms with Crippen LogP contribution in [0.2, 0.25) is 0 Å². The maximum atomic E-state index is 13.0. The van der Waals surface area contributed by atoms with Crippen LogP contribution in [-0.4, -0.2) is 57.4 Å². The molecule has 0 bridgehead atoms. The van der Waals surface area contributed by atoms with Crippen LogP contribution in [-0.2, 0) is 27.7 Å². The Kier molecular flexibility index (Phi) is 6.55. The van der Waals surface area contributed by atoms with Crippen LogP contribution in [0.1, 0.15) is 44.2 Å². The van der Waals surface area contributed by atoms with E-state index in [2.05, 4.69) is 12.2 Å². The largest absolute Gasteiger partial charge is 0.349 e. The van der Waals surface area contributed by atoms with Crippen LogP contribution < -0.4 is 10.2 Å². The van der Waals surface area contributed by atoms with Crippen LogP contribution in [0.3, 0.4) is 0 Å². The SMILES string of the molecule is CCC[C@@H](C)NC(=O)C[NH+]1CCN(S(=O)(=O)c2ccc3c(c2)CCC3)CC1. The van der Waals surface area contributed by atoms with E-state index in [0.717, 1.165) is 37.0 Å². The zero-order valence-corrected chi connectivity index (χ0v) is 17.3. The number of hydrogen-bond acceptors (Lipinski definition) is 3. The number of nitrogens with one attached hydrogen (secondary N) is 2. The number of fused-ring (bicyclic) bond motifs is 1. The van der Waals surface area contributed by atoms with Gasteiger partial charge in [0.05, 0.1) is 31.1 Å². The van der Waals surface area contributed by atoms with Crippen molar-refractivity contribution in [3.8, 4) is 0 Å². The number of carbonyl (C=O) groups is 1. The van der Waals surface area contributed by atoms with Gasteiger partial charge in [-0.25, -0.2) is 8.42 Å². The summed E-state index contributed by atoms with van der Waals surface area (Å²) < 4.78 is 27.5. The number of rotatable bonds is 7. The average Bonchev–Trinajstić information content (AvgIpc) is 3.10. The Hall–Kier alpha value is -1.44. The lowest BCUT2D eigenvalue weighted by atomic mass is 10.1. The van der Waals surface area contributed by atoms with Crippen LogP contribution in [0.25, 0.3) is 0 Å². The third-order valence-electron chi connectivity index (χ3n) is 5.68. The summed E-state index contributed by atoms with van der Waals surface area (Å²) in [6.07, 6.45) is 5.17. The predicted octanol–water partition coefficient (Wildman–Crippen LogP) is 0.369. The van der Waals surface area contributed by atoms with Crippen LogP contribution >= 0.6 is 0 Å². The number of amides is 1. The number of aryl methyl sites for hydroxylation is 2. The molecule has 0 aromatic heterocycles. The smallest absolute Gasteiger partial charge is 0.275 e. The van der Waals surface area contributed by atoms with Gasteiger partial charge < -0.3 is 10.2 Å². The van der Waals surface area contributed by atoms with Gasteiger partial charge in [-0.1, -0.05) is 19.4 Å². The van der Waals surface area contributed by atoms with Crippen molar-refractivity contribution in [3.63, 3.8) is 0 Å². The summed E-state index contributed by atoms with van der Waals surface area (Å²) in [5, 5.41) is 3.03. The molecule has 2 N–H and O–H groups in total. The number of quaternary nitrogens is 1. The van der Waals surface area contributed by atoms with Crippen molar-refractivity contribution in [2.24, 2.45) is 0 Å². The number of benzene rings is 1. The lowest BCUT2D eigenvalue weighted by Gasteiger charge is -2.31. The Bertz CT molecular complexity index is 771. The molecule has 3 rings (SSSR count). The summed E-state index contributed by atoms with van der Waals surface area (Å²) in [6, 6.07) is 5.78. The van der Waals surface area contributed by atoms with Crippen molar-refractivity contribution in [2.45, 2.75) is 56.9 Å². The maximum Gasteiger partial charge on any atom is 0.275 e. The lowest BCUT2D eigenvalue weighted by molar-refractivity contribution is -0.895. The van der Waals surface area contributed by atoms with Gasteiger partial charge >= 0.3 is 0 Å². The van der Waals surface area contributed by atoms with E-state index in [1.807, 2.05) is 19.1 Å². The normalized spacial score (nSPS) is 19.6. The fraction of sp³-hybridized carbons (Fsp3) is 0.650. The van der Waals surface area contributed by atoms with Gasteiger partial charge in [0, 0.05) is 6.04 Å². The first-order valence-corrected chi connectivity index (χ1v) is 11.6. The van der Waals surface area contributed by atoms with Crippen LogP contribution in [0.4, 0.5) is 0 Å². The topological polar surface area (TPSA) is 70.9 Å². The van der Waals surface area contributed by atoms with Gasteiger partial charge in [0.1, 0.15) is 0 Å². The summed E-state index contributed by atoms with van der Waals surface area (Å²) in [5.74, 6) is 0.0564. The second-order valence-electron chi connectivity index (χ2n) is 7.87. The molecule has 0 saturated carbocycles. The van der Waals surface area contributed by atoms with Crippen molar-refractivity contribution in [2.75, 3.05) is 32.7 Å². The Labute approximate surface area is 163 Å². The molecular formula is C20H32N3O3S+. The molecular weight excluding hydrogens is 362 g/mol. The van der Waals surface area contributed by atoms with E-state index < -0.39 is 10.0 Å². The molecule has 1 aromatic rings. The molecule has 1 aliphatic heterocycles. The van der Waals surface area contributed by atoms with Crippen molar-refractivity contribution in [1.82, 2.24) is 9.62 Å². The van der Waals surface area contributed by atoms with Crippen molar-refractivity contribution >= 4 is 15.9 Å². The Morgan fingerprint density at radius 3 is 2.63 bits per heavy atom. The third-order valence-corrected chi connectivity index (χ3v) is 7.57. The zero-order valence-electron chi connectivity index (χ0n) is 16.5. The summed E-state index contributed by atoms with van der Waals surface area (Å²) in [4.78, 5) is 13.7. The minimum Gasteiger partial charge on any atom is -0.349 e. The minimum absolute atomic E-state index is 0.0564. The van der Waals surface area contributed by atoms with Crippen molar-refractivity contribution in [1.29, 1.82) is 0 Å². The molecule has 150 valence electrons. The molecule has 1 amide bonds. The fourth-order valence-corrected chi connectivity index (χ4v) is 5.63. The molecule has 1 aromatic carbocycles. The maximum absolute atomic E-state index is 13.0. The first-order chi connectivity index (χ1) is 12.9. The van der Waals surface area contributed by atoms with Gasteiger partial charge in [0.25, 0.3) is 5.91 Å². The number of carbonyl (C=O) groups excluding carboxylic acids is 1. The quantitative estimate of drug-likeness (QED) is 0.702. The number of sulfonamides is 1. The van der Waals surface area contributed by atoms with E-state index >= 15 is 0 Å². The van der Waals surface area contributed by atoms with Crippen molar-refractivity contribution in [3.05, 3.63) is 29.3 Å². The minimum atomic E-state index is -3.44. The van der Waals surface area contributed by atoms with Crippen LogP contribution in [0, 0.1) is 0 Å². The number of piperazine rings is 1. The first-order valence-electron chi connectivity index (χ1n) is 10.1. The predicted molar refractivity (Wildman–Crippen MR) is 105 cm³/mol. The van der Waals surface area contributed by atoms with E-state index in [0.29, 0.717) is 37.6 Å². The Morgan fingerprint density at radius 1 is 1.22 bits per heavy atom. The van der Waals surface area contributed by atoms with Gasteiger partial charge in [-0.2, -0.15) is 4.31 Å². The highest BCUT2D eigenvalue weighted by Crippen LogP contribution is 2.26. The van der Waals surface area contributed by atoms with Gasteiger partial charge in [0.15, 0.2) is 6.54 Å². The lowest BCUT2D eigenvalue weighted by Crippen LogP contribution is -3.15. The highest BCUT2D eigenvalue weighted by Gasteiger charge is 2.31. The second-order valence-corrected chi connectivity index (χ2v) is 9.81. The molecule has 6 nitrogen and oxygen atoms in total. The zero-order chi connectivity index (χ0) is 19.4. The number of hydrogen-bond donors (Lipinski definition) is 2. The second kappa shape index (κ2) is 8.71. The molecule has 1 atom stereocenters. The summed E-state index contributed by atoms with van der Waals surface area (Å²) in [6.45, 7) is 6.81. The molecule has 0 radical (unpaired) electrons. The van der Waals surface area contributed by atoms with Gasteiger partial charge in [-0.15, -0.1) is 0 Å². The average molecular weight is 395 g/mol. The standard InChI is InChI=1S/C20H31N3O3S/c1-3-5-16(2)21-20(24)15-22-10-12-23(13-11-22)27(25,26)19-9-8-17-6-4-7-18(17)14-19/h8-9,14,16H,3-7,10-13,15H2,1-2H3,(H,21,24)/p+1/t16-/m1/s1. The van der Waals surface area contributed by atoms with Crippen molar-refractivity contribution < 1.29 is 18.1 Å². The van der Waals surface area contributed by atoms with E-state index in [1.54, 1.807) is 10.4 Å². The first kappa shape index (κ1) is 20.3. The van der Waals surface area contributed by atoms with Crippen LogP contribution in [0.5, 0.6) is 0 Å². The fourth-order valence-electron chi connectivity index (χ4n) is 4.14. The van der Waals surface area contributed by atoms with Gasteiger partial charge in [-0.3, -0.25) is 4.79 Å². The molecule has 1 heterocycles. The van der Waals surface area contributed by atoms with E-state index in [4.69, 9.17) is 0 Å². The molecule has 1 saturated heterocycles. The molecule has 0 unspecified atom stereocenters. The monoisotopic (exact) mass is 394 g/mol. The summed E-state index contributed by atoms with van der Waals surface area (Å²) in [5.41, 5.74) is 2.46. The van der Waals surface area contributed by atoms with E-state index in [-0.39, 0.29) is 11.9 Å². The summed E-state index contributed by atoms with van der Waals surface area (Å²) >= 11 is 0. The Morgan fingerprint density at radius 2 is 1.93 bits per heavy atom. The van der Waals surface area contributed by atoms with Gasteiger partial charge in [0.2, 0.25) is 10.0 Å². The highest BCUT2D eigenvalue weighted by atomic mass is 32.2. The molecule has 0 spiro atoms. The summed E-state index contributed by atoms with van der Waals surface area (Å²) in [7, 11) is -3.44. The highest BCUT2D eigenvalue weighted by molar-refractivity contribution is 7.89. The van der Waals surface area contributed by atoms with E-state index in [9.17, 15) is 13.2 Å². The molecule has 27 heavy (non-hydrogen) atoms.